The first-order valence-electron chi connectivity index (χ1n) is 4.48. The first-order valence-corrected chi connectivity index (χ1v) is 4.48. The third-order valence-electron chi connectivity index (χ3n) is 2.27. The van der Waals surface area contributed by atoms with E-state index in [9.17, 15) is 17.7 Å². The third-order valence-corrected chi connectivity index (χ3v) is 2.27. The minimum atomic E-state index is -5.06. The van der Waals surface area contributed by atoms with Crippen LogP contribution in [-0.4, -0.2) is 19.4 Å². The molecule has 0 aliphatic carbocycles. The number of carbonyl (C=O) groups is 1. The fourth-order valence-corrected chi connectivity index (χ4v) is 1.48. The summed E-state index contributed by atoms with van der Waals surface area (Å²) in [6.07, 6.45) is 0.140. The molecule has 0 bridgehead atoms. The fraction of sp³-hybridized carbons (Fsp3) is 0.222. The predicted octanol–water partition coefficient (Wildman–Crippen LogP) is 1.71. The van der Waals surface area contributed by atoms with E-state index in [2.05, 4.69) is 0 Å². The van der Waals surface area contributed by atoms with Crippen molar-refractivity contribution in [3.05, 3.63) is 23.8 Å². The summed E-state index contributed by atoms with van der Waals surface area (Å²) in [5, 5.41) is 0. The van der Waals surface area contributed by atoms with Gasteiger partial charge in [0.2, 0.25) is 0 Å². The van der Waals surface area contributed by atoms with Gasteiger partial charge in [0, 0.05) is 6.42 Å². The van der Waals surface area contributed by atoms with Crippen molar-refractivity contribution >= 4 is 18.2 Å². The Morgan fingerprint density at radius 1 is 1.27 bits per heavy atom. The van der Waals surface area contributed by atoms with Crippen LogP contribution < -0.4 is 10.2 Å². The lowest BCUT2D eigenvalue weighted by Crippen LogP contribution is -2.35. The summed E-state index contributed by atoms with van der Waals surface area (Å²) in [4.78, 5) is 11.3. The molecule has 0 unspecified atom stereocenters. The van der Waals surface area contributed by atoms with Crippen molar-refractivity contribution in [1.82, 2.24) is 0 Å². The van der Waals surface area contributed by atoms with E-state index < -0.39 is 12.4 Å². The normalized spacial score (nSPS) is 15.8. The monoisotopic (exact) mass is 215 g/mol. The van der Waals surface area contributed by atoms with Crippen LogP contribution in [0.5, 0.6) is 5.75 Å². The number of benzene rings is 1. The van der Waals surface area contributed by atoms with Gasteiger partial charge in [0.15, 0.2) is 5.78 Å². The van der Waals surface area contributed by atoms with Gasteiger partial charge in [-0.3, -0.25) is 4.79 Å². The van der Waals surface area contributed by atoms with Gasteiger partial charge in [0.1, 0.15) is 5.75 Å². The lowest BCUT2D eigenvalue weighted by atomic mass is 9.78. The van der Waals surface area contributed by atoms with Gasteiger partial charge >= 0.3 is 6.98 Å². The second kappa shape index (κ2) is 3.29. The summed E-state index contributed by atoms with van der Waals surface area (Å²) in [7, 11) is 0. The van der Waals surface area contributed by atoms with E-state index in [1.54, 1.807) is 0 Å². The second-order valence-electron chi connectivity index (χ2n) is 3.35. The van der Waals surface area contributed by atoms with E-state index >= 15 is 0 Å². The molecule has 6 heteroatoms. The number of fused-ring (bicyclic) bond motifs is 1. The van der Waals surface area contributed by atoms with Crippen molar-refractivity contribution in [2.45, 2.75) is 6.42 Å². The van der Waals surface area contributed by atoms with Crippen molar-refractivity contribution in [2.75, 3.05) is 6.61 Å². The van der Waals surface area contributed by atoms with Crippen LogP contribution in [-0.2, 0) is 0 Å². The Hall–Kier alpha value is -1.46. The zero-order chi connectivity index (χ0) is 11.1. The van der Waals surface area contributed by atoms with E-state index in [1.165, 1.54) is 6.07 Å². The second-order valence-corrected chi connectivity index (χ2v) is 3.35. The number of carbonyl (C=O) groups excluding carboxylic acids is 1. The molecular weight excluding hydrogens is 208 g/mol. The van der Waals surface area contributed by atoms with Crippen LogP contribution in [0.1, 0.15) is 16.8 Å². The van der Waals surface area contributed by atoms with Gasteiger partial charge in [-0.15, -0.1) is 5.46 Å². The molecule has 80 valence electrons. The summed E-state index contributed by atoms with van der Waals surface area (Å²) in [6, 6.07) is 3.02. The van der Waals surface area contributed by atoms with Crippen molar-refractivity contribution in [2.24, 2.45) is 0 Å². The summed E-state index contributed by atoms with van der Waals surface area (Å²) in [5.74, 6) is -0.0480. The first kappa shape index (κ1) is 10.1. The Morgan fingerprint density at radius 3 is 2.67 bits per heavy atom. The number of ether oxygens (including phenoxy) is 1. The van der Waals surface area contributed by atoms with Crippen LogP contribution in [0.4, 0.5) is 12.9 Å². The van der Waals surface area contributed by atoms with Crippen LogP contribution in [0, 0.1) is 0 Å². The molecule has 0 N–H and O–H groups in total. The SMILES string of the molecule is O=C1CCOc2ccc([B-](F)(F)F)cc21. The molecule has 0 fully saturated rings. The first-order chi connectivity index (χ1) is 6.98. The number of Topliss-reactive ketones (excluding diaryl/α,β-unsaturated/α-hetero) is 1. The maximum atomic E-state index is 12.4. The lowest BCUT2D eigenvalue weighted by Gasteiger charge is -2.20. The van der Waals surface area contributed by atoms with Crippen molar-refractivity contribution in [1.29, 1.82) is 0 Å². The average molecular weight is 215 g/mol. The summed E-state index contributed by atoms with van der Waals surface area (Å²) in [6.45, 7) is -4.82. The van der Waals surface area contributed by atoms with Crippen LogP contribution in [0.25, 0.3) is 0 Å². The Labute approximate surface area is 84.1 Å². The summed E-state index contributed by atoms with van der Waals surface area (Å²) < 4.78 is 42.3. The summed E-state index contributed by atoms with van der Waals surface area (Å²) >= 11 is 0. The van der Waals surface area contributed by atoms with Gasteiger partial charge in [-0.1, -0.05) is 12.1 Å². The van der Waals surface area contributed by atoms with Crippen LogP contribution >= 0.6 is 0 Å². The highest BCUT2D eigenvalue weighted by Crippen LogP contribution is 2.24. The molecule has 0 spiro atoms. The molecule has 1 aliphatic rings. The molecule has 0 aromatic heterocycles. The predicted molar refractivity (Wildman–Crippen MR) is 49.6 cm³/mol. The lowest BCUT2D eigenvalue weighted by molar-refractivity contribution is 0.0933. The standard InChI is InChI=1S/C9H7BF3O2/c11-10(12,13)6-1-2-9-7(5-6)8(14)3-4-15-9/h1-2,5H,3-4H2/q-1. The van der Waals surface area contributed by atoms with Crippen LogP contribution in [0.2, 0.25) is 0 Å². The number of hydrogen-bond acceptors (Lipinski definition) is 2. The molecular formula is C9H7BF3O2-. The minimum Gasteiger partial charge on any atom is -0.492 e. The topological polar surface area (TPSA) is 26.3 Å². The number of ketones is 1. The molecule has 0 saturated heterocycles. The maximum absolute atomic E-state index is 12.4. The van der Waals surface area contributed by atoms with Gasteiger partial charge in [-0.2, -0.15) is 0 Å². The summed E-state index contributed by atoms with van der Waals surface area (Å²) in [5.41, 5.74) is -0.717. The van der Waals surface area contributed by atoms with E-state index in [1.807, 2.05) is 0 Å². The highest BCUT2D eigenvalue weighted by atomic mass is 19.4. The van der Waals surface area contributed by atoms with Crippen LogP contribution in [0.3, 0.4) is 0 Å². The van der Waals surface area contributed by atoms with E-state index in [4.69, 9.17) is 4.74 Å². The van der Waals surface area contributed by atoms with E-state index in [-0.39, 0.29) is 30.1 Å². The highest BCUT2D eigenvalue weighted by Gasteiger charge is 2.28. The molecule has 1 aliphatic heterocycles. The van der Waals surface area contributed by atoms with E-state index in [0.717, 1.165) is 12.1 Å². The quantitative estimate of drug-likeness (QED) is 0.666. The van der Waals surface area contributed by atoms with Gasteiger partial charge in [0.05, 0.1) is 12.2 Å². The Kier molecular flexibility index (Phi) is 2.21. The molecule has 0 atom stereocenters. The zero-order valence-electron chi connectivity index (χ0n) is 7.67. The Balaban J connectivity index is 2.49. The molecule has 0 amide bonds. The van der Waals surface area contributed by atoms with Crippen molar-refractivity contribution < 1.29 is 22.5 Å². The molecule has 2 rings (SSSR count). The molecule has 1 heterocycles. The number of halogens is 3. The molecule has 1 aromatic carbocycles. The minimum absolute atomic E-state index is 0.0398. The molecule has 15 heavy (non-hydrogen) atoms. The maximum Gasteiger partial charge on any atom is 0.509 e. The van der Waals surface area contributed by atoms with Gasteiger partial charge in [-0.25, -0.2) is 0 Å². The molecule has 1 aromatic rings. The Bertz CT molecular complexity index is 414. The number of rotatable bonds is 1. The van der Waals surface area contributed by atoms with Crippen LogP contribution in [0.15, 0.2) is 18.2 Å². The number of hydrogen-bond donors (Lipinski definition) is 0. The van der Waals surface area contributed by atoms with Gasteiger partial charge < -0.3 is 17.7 Å². The molecule has 0 radical (unpaired) electrons. The highest BCUT2D eigenvalue weighted by molar-refractivity contribution is 6.73. The zero-order valence-corrected chi connectivity index (χ0v) is 7.67. The fourth-order valence-electron chi connectivity index (χ4n) is 1.48. The third kappa shape index (κ3) is 1.84. The van der Waals surface area contributed by atoms with Gasteiger partial charge in [0.25, 0.3) is 0 Å². The largest absolute Gasteiger partial charge is 0.509 e. The smallest absolute Gasteiger partial charge is 0.492 e. The van der Waals surface area contributed by atoms with Gasteiger partial charge in [-0.05, 0) is 6.07 Å². The van der Waals surface area contributed by atoms with Crippen molar-refractivity contribution in [3.8, 4) is 5.75 Å². The molecule has 2 nitrogen and oxygen atoms in total. The van der Waals surface area contributed by atoms with Crippen molar-refractivity contribution in [3.63, 3.8) is 0 Å². The Morgan fingerprint density at radius 2 is 2.00 bits per heavy atom. The molecule has 0 saturated carbocycles. The van der Waals surface area contributed by atoms with E-state index in [0.29, 0.717) is 0 Å². The average Bonchev–Trinajstić information content (AvgIpc) is 2.16.